The average Bonchev–Trinajstić information content (AvgIpc) is 3.11. The first-order valence-electron chi connectivity index (χ1n) is 8.96. The minimum atomic E-state index is 0.549. The third-order valence-corrected chi connectivity index (χ3v) is 6.37. The highest BCUT2D eigenvalue weighted by atomic mass is 16.5. The second-order valence-corrected chi connectivity index (χ2v) is 7.64. The predicted octanol–water partition coefficient (Wildman–Crippen LogP) is 2.55. The molecule has 0 spiro atoms. The second kappa shape index (κ2) is 5.58. The molecule has 0 aromatic rings. The fourth-order valence-electron chi connectivity index (χ4n) is 5.19. The minimum absolute atomic E-state index is 0.549. The predicted molar refractivity (Wildman–Crippen MR) is 80.8 cm³/mol. The van der Waals surface area contributed by atoms with E-state index in [-0.39, 0.29) is 0 Å². The van der Waals surface area contributed by atoms with Gasteiger partial charge in [-0.25, -0.2) is 0 Å². The third kappa shape index (κ3) is 2.42. The lowest BCUT2D eigenvalue weighted by molar-refractivity contribution is 0.0247. The molecule has 3 aliphatic heterocycles. The van der Waals surface area contributed by atoms with Crippen LogP contribution >= 0.6 is 0 Å². The number of hydrogen-bond acceptors (Lipinski definition) is 3. The average molecular weight is 278 g/mol. The van der Waals surface area contributed by atoms with E-state index in [1.807, 2.05) is 0 Å². The summed E-state index contributed by atoms with van der Waals surface area (Å²) in [6, 6.07) is 2.14. The highest BCUT2D eigenvalue weighted by Crippen LogP contribution is 2.39. The van der Waals surface area contributed by atoms with Crippen molar-refractivity contribution < 1.29 is 4.74 Å². The second-order valence-electron chi connectivity index (χ2n) is 7.64. The number of nitrogens with one attached hydrogen (secondary N) is 1. The van der Waals surface area contributed by atoms with Gasteiger partial charge in [-0.2, -0.15) is 0 Å². The SMILES string of the molecule is CC1CNC(C2CCCCC2)CN1C1CC2CCC1O2. The van der Waals surface area contributed by atoms with E-state index in [0.717, 1.165) is 18.0 Å². The Morgan fingerprint density at radius 1 is 1.05 bits per heavy atom. The lowest BCUT2D eigenvalue weighted by atomic mass is 9.82. The molecule has 3 saturated heterocycles. The van der Waals surface area contributed by atoms with E-state index >= 15 is 0 Å². The standard InChI is InChI=1S/C17H30N2O/c1-12-10-18-15(13-5-3-2-4-6-13)11-19(12)16-9-14-7-8-17(16)20-14/h12-18H,2-11H2,1H3. The lowest BCUT2D eigenvalue weighted by Gasteiger charge is -2.46. The molecule has 114 valence electrons. The summed E-state index contributed by atoms with van der Waals surface area (Å²) >= 11 is 0. The van der Waals surface area contributed by atoms with E-state index in [0.29, 0.717) is 18.2 Å². The summed E-state index contributed by atoms with van der Waals surface area (Å²) in [5.41, 5.74) is 0. The van der Waals surface area contributed by atoms with Crippen molar-refractivity contribution in [3.8, 4) is 0 Å². The molecular weight excluding hydrogens is 248 g/mol. The van der Waals surface area contributed by atoms with Crippen LogP contribution in [0.2, 0.25) is 0 Å². The molecule has 4 aliphatic rings. The number of hydrogen-bond donors (Lipinski definition) is 1. The first-order chi connectivity index (χ1) is 9.81. The number of ether oxygens (including phenoxy) is 1. The highest BCUT2D eigenvalue weighted by Gasteiger charge is 2.46. The minimum Gasteiger partial charge on any atom is -0.373 e. The molecule has 0 aromatic heterocycles. The number of fused-ring (bicyclic) bond motifs is 2. The van der Waals surface area contributed by atoms with Gasteiger partial charge in [0, 0.05) is 31.2 Å². The summed E-state index contributed by atoms with van der Waals surface area (Å²) in [4.78, 5) is 2.81. The monoisotopic (exact) mass is 278 g/mol. The fourth-order valence-corrected chi connectivity index (χ4v) is 5.19. The largest absolute Gasteiger partial charge is 0.373 e. The molecular formula is C17H30N2O. The topological polar surface area (TPSA) is 24.5 Å². The van der Waals surface area contributed by atoms with Crippen LogP contribution in [0.1, 0.15) is 58.3 Å². The number of piperazine rings is 1. The van der Waals surface area contributed by atoms with Crippen molar-refractivity contribution in [3.05, 3.63) is 0 Å². The maximum Gasteiger partial charge on any atom is 0.0736 e. The molecule has 0 amide bonds. The molecule has 1 aliphatic carbocycles. The van der Waals surface area contributed by atoms with Crippen LogP contribution in [0, 0.1) is 5.92 Å². The van der Waals surface area contributed by atoms with Gasteiger partial charge >= 0.3 is 0 Å². The van der Waals surface area contributed by atoms with Crippen molar-refractivity contribution >= 4 is 0 Å². The summed E-state index contributed by atoms with van der Waals surface area (Å²) in [5.74, 6) is 0.929. The van der Waals surface area contributed by atoms with E-state index in [1.54, 1.807) is 0 Å². The molecule has 5 unspecified atom stereocenters. The molecule has 0 radical (unpaired) electrons. The van der Waals surface area contributed by atoms with Gasteiger partial charge in [0.1, 0.15) is 0 Å². The first-order valence-corrected chi connectivity index (χ1v) is 8.96. The zero-order chi connectivity index (χ0) is 13.5. The summed E-state index contributed by atoms with van der Waals surface area (Å²) in [6.45, 7) is 4.84. The number of rotatable bonds is 2. The van der Waals surface area contributed by atoms with Gasteiger partial charge in [0.15, 0.2) is 0 Å². The van der Waals surface area contributed by atoms with Gasteiger partial charge in [-0.1, -0.05) is 19.3 Å². The quantitative estimate of drug-likeness (QED) is 0.840. The smallest absolute Gasteiger partial charge is 0.0736 e. The van der Waals surface area contributed by atoms with Gasteiger partial charge in [0.05, 0.1) is 12.2 Å². The van der Waals surface area contributed by atoms with Gasteiger partial charge in [-0.3, -0.25) is 4.90 Å². The van der Waals surface area contributed by atoms with Crippen LogP contribution in [0.3, 0.4) is 0 Å². The maximum atomic E-state index is 6.11. The van der Waals surface area contributed by atoms with E-state index in [2.05, 4.69) is 17.1 Å². The first kappa shape index (κ1) is 13.5. The van der Waals surface area contributed by atoms with Crippen LogP contribution in [0.4, 0.5) is 0 Å². The Morgan fingerprint density at radius 2 is 1.90 bits per heavy atom. The van der Waals surface area contributed by atoms with Gasteiger partial charge in [-0.05, 0) is 44.9 Å². The summed E-state index contributed by atoms with van der Waals surface area (Å²) < 4.78 is 6.11. The Morgan fingerprint density at radius 3 is 2.60 bits per heavy atom. The molecule has 3 heterocycles. The van der Waals surface area contributed by atoms with Crippen molar-refractivity contribution in [1.29, 1.82) is 0 Å². The van der Waals surface area contributed by atoms with Gasteiger partial charge < -0.3 is 10.1 Å². The van der Waals surface area contributed by atoms with E-state index < -0.39 is 0 Å². The molecule has 2 bridgehead atoms. The molecule has 0 aromatic carbocycles. The Bertz CT molecular complexity index is 342. The molecule has 1 saturated carbocycles. The van der Waals surface area contributed by atoms with Crippen molar-refractivity contribution in [3.63, 3.8) is 0 Å². The Balaban J connectivity index is 1.42. The Hall–Kier alpha value is -0.120. The van der Waals surface area contributed by atoms with Crippen LogP contribution < -0.4 is 5.32 Å². The highest BCUT2D eigenvalue weighted by molar-refractivity contribution is 5.00. The van der Waals surface area contributed by atoms with E-state index in [4.69, 9.17) is 4.74 Å². The summed E-state index contributed by atoms with van der Waals surface area (Å²) in [6.07, 6.45) is 12.3. The van der Waals surface area contributed by atoms with Crippen molar-refractivity contribution in [2.45, 2.75) is 88.6 Å². The van der Waals surface area contributed by atoms with Crippen LogP contribution in [0.15, 0.2) is 0 Å². The zero-order valence-corrected chi connectivity index (χ0v) is 12.9. The molecule has 5 atom stereocenters. The molecule has 3 nitrogen and oxygen atoms in total. The van der Waals surface area contributed by atoms with Gasteiger partial charge in [-0.15, -0.1) is 0 Å². The summed E-state index contributed by atoms with van der Waals surface area (Å²) in [7, 11) is 0. The van der Waals surface area contributed by atoms with Crippen LogP contribution in [0.25, 0.3) is 0 Å². The van der Waals surface area contributed by atoms with E-state index in [1.165, 1.54) is 64.5 Å². The van der Waals surface area contributed by atoms with Crippen LogP contribution in [0.5, 0.6) is 0 Å². The molecule has 20 heavy (non-hydrogen) atoms. The maximum absolute atomic E-state index is 6.11. The van der Waals surface area contributed by atoms with Crippen molar-refractivity contribution in [2.75, 3.05) is 13.1 Å². The third-order valence-electron chi connectivity index (χ3n) is 6.37. The summed E-state index contributed by atoms with van der Waals surface area (Å²) in [5, 5.41) is 3.85. The zero-order valence-electron chi connectivity index (χ0n) is 12.9. The lowest BCUT2D eigenvalue weighted by Crippen LogP contribution is -2.62. The molecule has 1 N–H and O–H groups in total. The Labute approximate surface area is 123 Å². The van der Waals surface area contributed by atoms with Gasteiger partial charge in [0.25, 0.3) is 0 Å². The van der Waals surface area contributed by atoms with Crippen molar-refractivity contribution in [1.82, 2.24) is 10.2 Å². The molecule has 3 heteroatoms. The molecule has 4 rings (SSSR count). The normalized spacial score (nSPS) is 47.0. The number of nitrogens with zero attached hydrogens (tertiary/aromatic N) is 1. The van der Waals surface area contributed by atoms with Gasteiger partial charge in [0.2, 0.25) is 0 Å². The fraction of sp³-hybridized carbons (Fsp3) is 1.00. The van der Waals surface area contributed by atoms with Crippen molar-refractivity contribution in [2.24, 2.45) is 5.92 Å². The Kier molecular flexibility index (Phi) is 3.78. The van der Waals surface area contributed by atoms with Crippen LogP contribution in [-0.4, -0.2) is 48.3 Å². The molecule has 4 fully saturated rings. The van der Waals surface area contributed by atoms with E-state index in [9.17, 15) is 0 Å². The van der Waals surface area contributed by atoms with Crippen LogP contribution in [-0.2, 0) is 4.74 Å².